The van der Waals surface area contributed by atoms with E-state index in [0.29, 0.717) is 13.2 Å². The van der Waals surface area contributed by atoms with Crippen LogP contribution in [-0.4, -0.2) is 24.8 Å². The van der Waals surface area contributed by atoms with Crippen LogP contribution in [0.1, 0.15) is 71.9 Å². The van der Waals surface area contributed by atoms with Gasteiger partial charge in [-0.2, -0.15) is 0 Å². The van der Waals surface area contributed by atoms with Gasteiger partial charge in [-0.3, -0.25) is 0 Å². The summed E-state index contributed by atoms with van der Waals surface area (Å²) in [5.41, 5.74) is 1.60. The summed E-state index contributed by atoms with van der Waals surface area (Å²) in [5, 5.41) is 3.49. The highest BCUT2D eigenvalue weighted by Crippen LogP contribution is 2.45. The molecule has 1 amide bonds. The van der Waals surface area contributed by atoms with Gasteiger partial charge in [0, 0.05) is 21.6 Å². The molecule has 1 aromatic rings. The fraction of sp³-hybridized carbons (Fsp3) is 0.667. The van der Waals surface area contributed by atoms with Crippen molar-refractivity contribution in [3.8, 4) is 0 Å². The molecule has 1 aliphatic rings. The van der Waals surface area contributed by atoms with Gasteiger partial charge >= 0.3 is 6.09 Å². The van der Waals surface area contributed by atoms with Crippen molar-refractivity contribution in [2.45, 2.75) is 78.4 Å². The number of hydrogen-bond donors (Lipinski definition) is 1. The number of ether oxygens (including phenoxy) is 2. The number of carbonyl (C=O) groups is 1. The van der Waals surface area contributed by atoms with E-state index < -0.39 is 11.7 Å². The third-order valence-corrected chi connectivity index (χ3v) is 5.18. The van der Waals surface area contributed by atoms with Crippen LogP contribution >= 0.6 is 27.5 Å². The molecule has 6 heteroatoms. The standard InChI is InChI=1S/C19H27BrClNO3.C2H6/c1-5-19(24-10-9-22-17(23)25-18(2,3)4)8-6-7-13-11-14(21)12-15(20)16(13)19;1-2/h11-12H,5-10H2,1-4H3,(H,22,23);1-2H3. The fourth-order valence-electron chi connectivity index (χ4n) is 3.34. The van der Waals surface area contributed by atoms with Crippen molar-refractivity contribution in [1.82, 2.24) is 5.32 Å². The lowest BCUT2D eigenvalue weighted by Crippen LogP contribution is -2.38. The van der Waals surface area contributed by atoms with E-state index in [2.05, 4.69) is 28.2 Å². The van der Waals surface area contributed by atoms with E-state index in [0.717, 1.165) is 35.2 Å². The lowest BCUT2D eigenvalue weighted by molar-refractivity contribution is -0.0649. The Hall–Kier alpha value is -0.780. The van der Waals surface area contributed by atoms with Gasteiger partial charge in [0.2, 0.25) is 0 Å². The van der Waals surface area contributed by atoms with E-state index in [1.807, 2.05) is 46.8 Å². The van der Waals surface area contributed by atoms with Gasteiger partial charge in [-0.1, -0.05) is 48.3 Å². The zero-order valence-corrected chi connectivity index (χ0v) is 19.7. The highest BCUT2D eigenvalue weighted by atomic mass is 79.9. The number of carbonyl (C=O) groups excluding carboxylic acids is 1. The highest BCUT2D eigenvalue weighted by molar-refractivity contribution is 9.10. The van der Waals surface area contributed by atoms with E-state index in [1.54, 1.807) is 0 Å². The van der Waals surface area contributed by atoms with Crippen LogP contribution in [0.25, 0.3) is 0 Å². The Bertz CT molecular complexity index is 631. The lowest BCUT2D eigenvalue weighted by atomic mass is 9.77. The first-order chi connectivity index (χ1) is 12.7. The van der Waals surface area contributed by atoms with Gasteiger partial charge < -0.3 is 14.8 Å². The van der Waals surface area contributed by atoms with E-state index in [-0.39, 0.29) is 5.60 Å². The van der Waals surface area contributed by atoms with Gasteiger partial charge in [0.25, 0.3) is 0 Å². The van der Waals surface area contributed by atoms with Gasteiger partial charge in [0.1, 0.15) is 5.60 Å². The molecule has 0 saturated heterocycles. The molecule has 0 radical (unpaired) electrons. The predicted octanol–water partition coefficient (Wildman–Crippen LogP) is 6.61. The smallest absolute Gasteiger partial charge is 0.407 e. The minimum atomic E-state index is -0.498. The third-order valence-electron chi connectivity index (χ3n) is 4.34. The van der Waals surface area contributed by atoms with Crippen LogP contribution in [0.15, 0.2) is 16.6 Å². The second-order valence-electron chi connectivity index (χ2n) is 7.40. The molecule has 1 unspecified atom stereocenters. The van der Waals surface area contributed by atoms with Crippen LogP contribution in [0.3, 0.4) is 0 Å². The Morgan fingerprint density at radius 2 is 2.00 bits per heavy atom. The maximum absolute atomic E-state index is 11.7. The molecule has 0 aliphatic heterocycles. The minimum absolute atomic E-state index is 0.341. The molecule has 4 nitrogen and oxygen atoms in total. The van der Waals surface area contributed by atoms with Crippen molar-refractivity contribution < 1.29 is 14.3 Å². The molecule has 0 fully saturated rings. The monoisotopic (exact) mass is 461 g/mol. The van der Waals surface area contributed by atoms with E-state index in [9.17, 15) is 4.79 Å². The number of fused-ring (bicyclic) bond motifs is 1. The number of hydrogen-bond acceptors (Lipinski definition) is 3. The summed E-state index contributed by atoms with van der Waals surface area (Å²) in [5.74, 6) is 0. The topological polar surface area (TPSA) is 47.6 Å². The zero-order chi connectivity index (χ0) is 20.7. The first kappa shape index (κ1) is 24.3. The largest absolute Gasteiger partial charge is 0.444 e. The summed E-state index contributed by atoms with van der Waals surface area (Å²) >= 11 is 9.86. The Morgan fingerprint density at radius 3 is 2.59 bits per heavy atom. The number of amides is 1. The molecular weight excluding hydrogens is 430 g/mol. The summed E-state index contributed by atoms with van der Waals surface area (Å²) in [7, 11) is 0. The molecule has 1 aliphatic carbocycles. The van der Waals surface area contributed by atoms with E-state index in [4.69, 9.17) is 21.1 Å². The van der Waals surface area contributed by atoms with Crippen molar-refractivity contribution in [3.05, 3.63) is 32.8 Å². The highest BCUT2D eigenvalue weighted by Gasteiger charge is 2.37. The van der Waals surface area contributed by atoms with Crippen molar-refractivity contribution in [3.63, 3.8) is 0 Å². The Labute approximate surface area is 177 Å². The third kappa shape index (κ3) is 6.95. The summed E-state index contributed by atoms with van der Waals surface area (Å²) in [4.78, 5) is 11.7. The normalized spacial score (nSPS) is 18.8. The van der Waals surface area contributed by atoms with Crippen LogP contribution in [0, 0.1) is 0 Å². The summed E-state index contributed by atoms with van der Waals surface area (Å²) in [6, 6.07) is 3.96. The Balaban J connectivity index is 0.00000176. The van der Waals surface area contributed by atoms with Gasteiger partial charge in [-0.15, -0.1) is 0 Å². The maximum atomic E-state index is 11.7. The van der Waals surface area contributed by atoms with Crippen molar-refractivity contribution in [2.75, 3.05) is 13.2 Å². The second kappa shape index (κ2) is 10.7. The molecule has 2 rings (SSSR count). The maximum Gasteiger partial charge on any atom is 0.407 e. The molecular formula is C21H33BrClNO3. The average Bonchev–Trinajstić information content (AvgIpc) is 2.58. The van der Waals surface area contributed by atoms with Crippen LogP contribution < -0.4 is 5.32 Å². The summed E-state index contributed by atoms with van der Waals surface area (Å²) in [6.07, 6.45) is 3.48. The number of halogens is 2. The van der Waals surface area contributed by atoms with Crippen molar-refractivity contribution in [1.29, 1.82) is 0 Å². The number of benzene rings is 1. The average molecular weight is 463 g/mol. The van der Waals surface area contributed by atoms with Gasteiger partial charge in [0.15, 0.2) is 0 Å². The van der Waals surface area contributed by atoms with Crippen molar-refractivity contribution >= 4 is 33.6 Å². The number of alkyl carbamates (subject to hydrolysis) is 1. The minimum Gasteiger partial charge on any atom is -0.444 e. The quantitative estimate of drug-likeness (QED) is 0.501. The van der Waals surface area contributed by atoms with E-state index in [1.165, 1.54) is 11.1 Å². The molecule has 0 heterocycles. The van der Waals surface area contributed by atoms with E-state index >= 15 is 0 Å². The molecule has 1 aromatic carbocycles. The summed E-state index contributed by atoms with van der Waals surface area (Å²) < 4.78 is 12.5. The molecule has 0 spiro atoms. The fourth-order valence-corrected chi connectivity index (χ4v) is 4.57. The lowest BCUT2D eigenvalue weighted by Gasteiger charge is -2.39. The second-order valence-corrected chi connectivity index (χ2v) is 8.69. The number of aryl methyl sites for hydroxylation is 1. The number of nitrogens with one attached hydrogen (secondary N) is 1. The zero-order valence-electron chi connectivity index (χ0n) is 17.4. The summed E-state index contributed by atoms with van der Waals surface area (Å²) in [6.45, 7) is 12.5. The molecule has 0 aromatic heterocycles. The van der Waals surface area contributed by atoms with Crippen molar-refractivity contribution in [2.24, 2.45) is 0 Å². The predicted molar refractivity (Wildman–Crippen MR) is 116 cm³/mol. The molecule has 27 heavy (non-hydrogen) atoms. The first-order valence-electron chi connectivity index (χ1n) is 9.76. The van der Waals surface area contributed by atoms with Gasteiger partial charge in [-0.25, -0.2) is 4.79 Å². The van der Waals surface area contributed by atoms with Crippen LogP contribution in [0.4, 0.5) is 4.79 Å². The SMILES string of the molecule is CC.CCC1(OCCNC(=O)OC(C)(C)C)CCCc2cc(Cl)cc(Br)c21. The van der Waals surface area contributed by atoms with Gasteiger partial charge in [-0.05, 0) is 64.2 Å². The van der Waals surface area contributed by atoms with Crippen LogP contribution in [0.2, 0.25) is 5.02 Å². The molecule has 0 bridgehead atoms. The molecule has 0 saturated carbocycles. The van der Waals surface area contributed by atoms with Gasteiger partial charge in [0.05, 0.1) is 12.2 Å². The van der Waals surface area contributed by atoms with Crippen LogP contribution in [-0.2, 0) is 21.5 Å². The Morgan fingerprint density at radius 1 is 1.33 bits per heavy atom. The first-order valence-corrected chi connectivity index (χ1v) is 10.9. The Kier molecular flexibility index (Phi) is 9.59. The molecule has 1 N–H and O–H groups in total. The number of rotatable bonds is 5. The molecule has 1 atom stereocenters. The molecule has 154 valence electrons. The van der Waals surface area contributed by atoms with Crippen LogP contribution in [0.5, 0.6) is 0 Å².